The average Bonchev–Trinajstić information content (AvgIpc) is 3.29. The standard InChI is InChI=1S/C31H34N2O7/c1-19(2)29(30(35)39-16-20-13-14-21(15-27(20)37-4)38-18-28(34)32-3)33-31(36)40-17-26-24-11-7-5-9-22(24)23-10-6-8-12-25(23)26/h5-15,19,26,29H,16-18H2,1-4H3,(H,32,34)(H,33,36)/t29-/m1/s1. The van der Waals surface area contributed by atoms with Gasteiger partial charge in [0.25, 0.3) is 5.91 Å². The van der Waals surface area contributed by atoms with Crippen LogP contribution in [0.4, 0.5) is 4.79 Å². The van der Waals surface area contributed by atoms with Gasteiger partial charge in [-0.1, -0.05) is 62.4 Å². The van der Waals surface area contributed by atoms with E-state index in [0.29, 0.717) is 17.1 Å². The van der Waals surface area contributed by atoms with E-state index in [1.807, 2.05) is 50.2 Å². The van der Waals surface area contributed by atoms with Gasteiger partial charge in [-0.15, -0.1) is 0 Å². The molecule has 1 aliphatic rings. The van der Waals surface area contributed by atoms with Crippen molar-refractivity contribution in [3.63, 3.8) is 0 Å². The Morgan fingerprint density at radius 2 is 1.55 bits per heavy atom. The summed E-state index contributed by atoms with van der Waals surface area (Å²) in [7, 11) is 3.01. The van der Waals surface area contributed by atoms with Crippen molar-refractivity contribution >= 4 is 18.0 Å². The Morgan fingerprint density at radius 3 is 2.15 bits per heavy atom. The summed E-state index contributed by atoms with van der Waals surface area (Å²) in [5, 5.41) is 5.15. The number of rotatable bonds is 11. The molecule has 0 radical (unpaired) electrons. The van der Waals surface area contributed by atoms with Gasteiger partial charge in [-0.05, 0) is 40.3 Å². The number of carbonyl (C=O) groups excluding carboxylic acids is 3. The van der Waals surface area contributed by atoms with Gasteiger partial charge < -0.3 is 29.6 Å². The monoisotopic (exact) mass is 546 g/mol. The number of hydrogen-bond donors (Lipinski definition) is 2. The molecule has 0 saturated heterocycles. The highest BCUT2D eigenvalue weighted by atomic mass is 16.6. The molecule has 2 N–H and O–H groups in total. The first kappa shape index (κ1) is 28.5. The Morgan fingerprint density at radius 1 is 0.900 bits per heavy atom. The molecule has 0 unspecified atom stereocenters. The molecule has 0 saturated carbocycles. The third kappa shape index (κ3) is 6.54. The zero-order valence-corrected chi connectivity index (χ0v) is 23.1. The third-order valence-corrected chi connectivity index (χ3v) is 6.81. The van der Waals surface area contributed by atoms with E-state index in [1.54, 1.807) is 18.2 Å². The van der Waals surface area contributed by atoms with Crippen molar-refractivity contribution in [1.29, 1.82) is 0 Å². The van der Waals surface area contributed by atoms with Crippen molar-refractivity contribution in [1.82, 2.24) is 10.6 Å². The van der Waals surface area contributed by atoms with Gasteiger partial charge in [0.1, 0.15) is 30.8 Å². The lowest BCUT2D eigenvalue weighted by atomic mass is 9.98. The Kier molecular flexibility index (Phi) is 9.27. The second-order valence-corrected chi connectivity index (χ2v) is 9.73. The van der Waals surface area contributed by atoms with Crippen LogP contribution < -0.4 is 20.1 Å². The van der Waals surface area contributed by atoms with Crippen LogP contribution in [0.25, 0.3) is 11.1 Å². The SMILES string of the molecule is CNC(=O)COc1ccc(COC(=O)[C@H](NC(=O)OCC2c3ccccc3-c3ccccc32)C(C)C)c(OC)c1. The summed E-state index contributed by atoms with van der Waals surface area (Å²) in [6, 6.07) is 20.2. The van der Waals surface area contributed by atoms with Gasteiger partial charge in [-0.3, -0.25) is 4.79 Å². The molecule has 210 valence electrons. The van der Waals surface area contributed by atoms with E-state index in [-0.39, 0.29) is 37.6 Å². The van der Waals surface area contributed by atoms with E-state index in [1.165, 1.54) is 14.2 Å². The van der Waals surface area contributed by atoms with E-state index < -0.39 is 18.1 Å². The van der Waals surface area contributed by atoms with E-state index in [4.69, 9.17) is 18.9 Å². The molecule has 3 aromatic rings. The molecule has 0 spiro atoms. The van der Waals surface area contributed by atoms with Crippen molar-refractivity contribution in [2.45, 2.75) is 32.4 Å². The highest BCUT2D eigenvalue weighted by Crippen LogP contribution is 2.44. The summed E-state index contributed by atoms with van der Waals surface area (Å²) in [6.07, 6.45) is -0.687. The second kappa shape index (κ2) is 13.0. The summed E-state index contributed by atoms with van der Waals surface area (Å²) >= 11 is 0. The highest BCUT2D eigenvalue weighted by Gasteiger charge is 2.31. The number of fused-ring (bicyclic) bond motifs is 3. The Labute approximate surface area is 233 Å². The quantitative estimate of drug-likeness (QED) is 0.342. The molecule has 2 amide bonds. The maximum atomic E-state index is 13.0. The molecule has 1 atom stereocenters. The lowest BCUT2D eigenvalue weighted by Crippen LogP contribution is -2.45. The number of esters is 1. The van der Waals surface area contributed by atoms with Gasteiger partial charge in [0.05, 0.1) is 7.11 Å². The van der Waals surface area contributed by atoms with E-state index in [2.05, 4.69) is 22.8 Å². The van der Waals surface area contributed by atoms with Crippen LogP contribution in [0.3, 0.4) is 0 Å². The molecule has 9 heteroatoms. The zero-order valence-electron chi connectivity index (χ0n) is 23.1. The number of benzene rings is 3. The van der Waals surface area contributed by atoms with Crippen LogP contribution in [-0.2, 0) is 25.7 Å². The topological polar surface area (TPSA) is 112 Å². The molecule has 9 nitrogen and oxygen atoms in total. The van der Waals surface area contributed by atoms with Crippen molar-refractivity contribution in [2.24, 2.45) is 5.92 Å². The van der Waals surface area contributed by atoms with Crippen LogP contribution in [0.2, 0.25) is 0 Å². The minimum Gasteiger partial charge on any atom is -0.496 e. The fraction of sp³-hybridized carbons (Fsp3) is 0.323. The van der Waals surface area contributed by atoms with Gasteiger partial charge in [-0.2, -0.15) is 0 Å². The molecule has 0 aliphatic heterocycles. The minimum atomic E-state index is -0.906. The zero-order chi connectivity index (χ0) is 28.6. The van der Waals surface area contributed by atoms with E-state index in [9.17, 15) is 14.4 Å². The first-order valence-corrected chi connectivity index (χ1v) is 13.1. The lowest BCUT2D eigenvalue weighted by Gasteiger charge is -2.22. The molecule has 1 aliphatic carbocycles. The third-order valence-electron chi connectivity index (χ3n) is 6.81. The van der Waals surface area contributed by atoms with Crippen molar-refractivity contribution < 1.29 is 33.3 Å². The predicted octanol–water partition coefficient (Wildman–Crippen LogP) is 4.43. The van der Waals surface area contributed by atoms with Crippen LogP contribution in [0.5, 0.6) is 11.5 Å². The van der Waals surface area contributed by atoms with Gasteiger partial charge in [0.2, 0.25) is 0 Å². The number of nitrogens with one attached hydrogen (secondary N) is 2. The number of hydrogen-bond acceptors (Lipinski definition) is 7. The highest BCUT2D eigenvalue weighted by molar-refractivity contribution is 5.82. The lowest BCUT2D eigenvalue weighted by molar-refractivity contribution is -0.148. The van der Waals surface area contributed by atoms with Gasteiger partial charge >= 0.3 is 12.1 Å². The smallest absolute Gasteiger partial charge is 0.407 e. The summed E-state index contributed by atoms with van der Waals surface area (Å²) in [4.78, 5) is 37.2. The second-order valence-electron chi connectivity index (χ2n) is 9.73. The number of likely N-dealkylation sites (N-methyl/N-ethyl adjacent to an activating group) is 1. The molecule has 3 aromatic carbocycles. The molecule has 4 rings (SSSR count). The van der Waals surface area contributed by atoms with Crippen LogP contribution >= 0.6 is 0 Å². The van der Waals surface area contributed by atoms with Crippen molar-refractivity contribution in [3.8, 4) is 22.6 Å². The molecular weight excluding hydrogens is 512 g/mol. The maximum absolute atomic E-state index is 13.0. The van der Waals surface area contributed by atoms with Crippen LogP contribution in [0.1, 0.15) is 36.5 Å². The molecule has 0 aromatic heterocycles. The van der Waals surface area contributed by atoms with Gasteiger partial charge in [0, 0.05) is 24.6 Å². The fourth-order valence-electron chi connectivity index (χ4n) is 4.66. The molecule has 0 bridgehead atoms. The number of ether oxygens (including phenoxy) is 4. The van der Waals surface area contributed by atoms with Gasteiger partial charge in [0.15, 0.2) is 6.61 Å². The number of methoxy groups -OCH3 is 1. The largest absolute Gasteiger partial charge is 0.496 e. The summed E-state index contributed by atoms with van der Waals surface area (Å²) in [5.74, 6) is -0.305. The van der Waals surface area contributed by atoms with E-state index >= 15 is 0 Å². The molecule has 0 fully saturated rings. The van der Waals surface area contributed by atoms with Crippen LogP contribution in [0, 0.1) is 5.92 Å². The number of alkyl carbamates (subject to hydrolysis) is 1. The molecule has 40 heavy (non-hydrogen) atoms. The number of carbonyl (C=O) groups is 3. The summed E-state index contributed by atoms with van der Waals surface area (Å²) < 4.78 is 22.0. The normalized spacial score (nSPS) is 12.6. The molecular formula is C31H34N2O7. The van der Waals surface area contributed by atoms with Crippen molar-refractivity contribution in [2.75, 3.05) is 27.4 Å². The minimum absolute atomic E-state index is 0.0761. The summed E-state index contributed by atoms with van der Waals surface area (Å²) in [6.45, 7) is 3.56. The Balaban J connectivity index is 1.34. The fourth-order valence-corrected chi connectivity index (χ4v) is 4.66. The Bertz CT molecular complexity index is 1330. The Hall–Kier alpha value is -4.53. The van der Waals surface area contributed by atoms with E-state index in [0.717, 1.165) is 22.3 Å². The first-order chi connectivity index (χ1) is 19.3. The van der Waals surface area contributed by atoms with Crippen LogP contribution in [0.15, 0.2) is 66.7 Å². The van der Waals surface area contributed by atoms with Gasteiger partial charge in [-0.25, -0.2) is 9.59 Å². The number of amides is 2. The maximum Gasteiger partial charge on any atom is 0.407 e. The summed E-state index contributed by atoms with van der Waals surface area (Å²) in [5.41, 5.74) is 5.09. The van der Waals surface area contributed by atoms with Crippen LogP contribution in [-0.4, -0.2) is 51.4 Å². The first-order valence-electron chi connectivity index (χ1n) is 13.1. The average molecular weight is 547 g/mol. The predicted molar refractivity (Wildman–Crippen MR) is 149 cm³/mol. The molecule has 0 heterocycles. The van der Waals surface area contributed by atoms with Crippen molar-refractivity contribution in [3.05, 3.63) is 83.4 Å².